The average molecular weight is 482 g/mol. The van der Waals surface area contributed by atoms with Gasteiger partial charge in [-0.05, 0) is 35.4 Å². The van der Waals surface area contributed by atoms with E-state index in [9.17, 15) is 4.79 Å². The second-order valence-electron chi connectivity index (χ2n) is 7.15. The van der Waals surface area contributed by atoms with E-state index >= 15 is 0 Å². The van der Waals surface area contributed by atoms with Crippen LogP contribution < -0.4 is 16.0 Å². The summed E-state index contributed by atoms with van der Waals surface area (Å²) in [6.07, 6.45) is 5.00. The number of hydrogen-bond donors (Lipinski definition) is 3. The van der Waals surface area contributed by atoms with Crippen LogP contribution in [0.2, 0.25) is 10.0 Å². The fourth-order valence-corrected chi connectivity index (χ4v) is 3.32. The molecule has 3 N–H and O–H groups in total. The monoisotopic (exact) mass is 481 g/mol. The number of rotatable bonds is 9. The normalized spacial score (nSPS) is 10.6. The summed E-state index contributed by atoms with van der Waals surface area (Å²) >= 11 is 12.0. The number of halogens is 2. The Hall–Kier alpha value is -3.62. The smallest absolute Gasteiger partial charge is 0.239 e. The lowest BCUT2D eigenvalue weighted by molar-refractivity contribution is -0.119. The zero-order chi connectivity index (χ0) is 23.0. The molecule has 4 aromatic rings. The quantitative estimate of drug-likeness (QED) is 0.329. The van der Waals surface area contributed by atoms with Crippen LogP contribution in [-0.2, 0) is 17.9 Å². The number of carbonyl (C=O) groups excluding carboxylic acids is 1. The summed E-state index contributed by atoms with van der Waals surface area (Å²) in [6, 6.07) is 16.6. The topological polar surface area (TPSA) is 96.8 Å². The van der Waals surface area contributed by atoms with E-state index < -0.39 is 0 Å². The highest BCUT2D eigenvalue weighted by atomic mass is 35.5. The van der Waals surface area contributed by atoms with Crippen molar-refractivity contribution in [3.8, 4) is 5.95 Å². The molecular weight excluding hydrogens is 461 g/mol. The number of nitrogens with zero attached hydrogens (tertiary/aromatic N) is 4. The molecule has 33 heavy (non-hydrogen) atoms. The Bertz CT molecular complexity index is 1210. The van der Waals surface area contributed by atoms with E-state index in [2.05, 4.69) is 30.9 Å². The molecule has 2 aromatic carbocycles. The summed E-state index contributed by atoms with van der Waals surface area (Å²) in [6.45, 7) is 0.998. The van der Waals surface area contributed by atoms with Gasteiger partial charge in [-0.3, -0.25) is 9.36 Å². The summed E-state index contributed by atoms with van der Waals surface area (Å²) in [5.74, 6) is 1.36. The number of imidazole rings is 1. The zero-order valence-electron chi connectivity index (χ0n) is 17.5. The Morgan fingerprint density at radius 2 is 1.67 bits per heavy atom. The van der Waals surface area contributed by atoms with Gasteiger partial charge in [-0.2, -0.15) is 9.97 Å². The van der Waals surface area contributed by atoms with Gasteiger partial charge < -0.3 is 16.0 Å². The highest BCUT2D eigenvalue weighted by Crippen LogP contribution is 2.16. The molecule has 0 radical (unpaired) electrons. The second kappa shape index (κ2) is 10.8. The molecule has 0 aliphatic carbocycles. The summed E-state index contributed by atoms with van der Waals surface area (Å²) in [4.78, 5) is 25.4. The Morgan fingerprint density at radius 3 is 2.39 bits per heavy atom. The molecule has 0 aliphatic heterocycles. The molecule has 0 unspecified atom stereocenters. The van der Waals surface area contributed by atoms with Crippen LogP contribution in [0.4, 0.5) is 11.6 Å². The third-order valence-corrected chi connectivity index (χ3v) is 5.13. The molecule has 2 aromatic heterocycles. The maximum atomic E-state index is 12.3. The lowest BCUT2D eigenvalue weighted by atomic mass is 10.2. The van der Waals surface area contributed by atoms with Gasteiger partial charge in [0, 0.05) is 41.6 Å². The number of benzene rings is 2. The molecule has 0 saturated carbocycles. The van der Waals surface area contributed by atoms with Crippen molar-refractivity contribution >= 4 is 40.7 Å². The van der Waals surface area contributed by atoms with Crippen LogP contribution in [0.15, 0.2) is 73.3 Å². The number of amides is 1. The van der Waals surface area contributed by atoms with Crippen molar-refractivity contribution in [2.75, 3.05) is 17.2 Å². The van der Waals surface area contributed by atoms with Gasteiger partial charge in [0.1, 0.15) is 18.0 Å². The third kappa shape index (κ3) is 6.68. The van der Waals surface area contributed by atoms with Gasteiger partial charge in [-0.15, -0.1) is 0 Å². The van der Waals surface area contributed by atoms with Gasteiger partial charge >= 0.3 is 0 Å². The number of aromatic nitrogens is 4. The number of hydrogen-bond acceptors (Lipinski definition) is 6. The Balaban J connectivity index is 1.41. The molecular formula is C23H21Cl2N7O. The Labute approximate surface area is 201 Å². The molecule has 0 bridgehead atoms. The minimum atomic E-state index is -0.166. The number of nitrogens with one attached hydrogen (secondary N) is 3. The number of carbonyl (C=O) groups is 1. The Morgan fingerprint density at radius 1 is 0.879 bits per heavy atom. The molecule has 0 aliphatic rings. The Kier molecular flexibility index (Phi) is 7.39. The van der Waals surface area contributed by atoms with Crippen LogP contribution in [0.3, 0.4) is 0 Å². The maximum Gasteiger partial charge on any atom is 0.239 e. The van der Waals surface area contributed by atoms with Crippen LogP contribution in [0, 0.1) is 0 Å². The van der Waals surface area contributed by atoms with Crippen molar-refractivity contribution in [1.29, 1.82) is 0 Å². The summed E-state index contributed by atoms with van der Waals surface area (Å²) in [5.41, 5.74) is 1.98. The third-order valence-electron chi connectivity index (χ3n) is 4.65. The molecule has 0 atom stereocenters. The van der Waals surface area contributed by atoms with E-state index in [0.29, 0.717) is 40.7 Å². The molecule has 0 spiro atoms. The van der Waals surface area contributed by atoms with Gasteiger partial charge in [0.25, 0.3) is 0 Å². The van der Waals surface area contributed by atoms with Crippen molar-refractivity contribution in [3.63, 3.8) is 0 Å². The number of anilines is 2. The predicted octanol–water partition coefficient (Wildman–Crippen LogP) is 4.31. The van der Waals surface area contributed by atoms with E-state index in [-0.39, 0.29) is 12.5 Å². The van der Waals surface area contributed by atoms with Gasteiger partial charge in [0.2, 0.25) is 11.9 Å². The van der Waals surface area contributed by atoms with E-state index in [1.165, 1.54) is 0 Å². The first-order valence-corrected chi connectivity index (χ1v) is 10.9. The van der Waals surface area contributed by atoms with Gasteiger partial charge in [0.15, 0.2) is 0 Å². The molecule has 1 amide bonds. The molecule has 8 nitrogen and oxygen atoms in total. The van der Waals surface area contributed by atoms with Crippen LogP contribution in [-0.4, -0.2) is 32.0 Å². The minimum Gasteiger partial charge on any atom is -0.366 e. The van der Waals surface area contributed by atoms with Crippen molar-refractivity contribution in [1.82, 2.24) is 24.8 Å². The molecule has 2 heterocycles. The van der Waals surface area contributed by atoms with Crippen LogP contribution in [0.25, 0.3) is 5.95 Å². The van der Waals surface area contributed by atoms with Gasteiger partial charge in [0.05, 0.1) is 6.54 Å². The predicted molar refractivity (Wildman–Crippen MR) is 130 cm³/mol. The maximum absolute atomic E-state index is 12.3. The highest BCUT2D eigenvalue weighted by molar-refractivity contribution is 6.30. The molecule has 10 heteroatoms. The standard InChI is InChI=1S/C23H21Cl2N7O/c24-18-6-4-16(5-7-18)12-29-22(33)14-28-21-11-20(27-13-17-2-1-3-19(25)10-17)30-23(31-21)32-9-8-26-15-32/h1-11,15H,12-14H2,(H,29,33)(H2,27,28,30,31). The molecule has 0 fully saturated rings. The first kappa shape index (κ1) is 22.6. The van der Waals surface area contributed by atoms with Gasteiger partial charge in [-0.25, -0.2) is 4.98 Å². The fourth-order valence-electron chi connectivity index (χ4n) is 2.98. The lowest BCUT2D eigenvalue weighted by Crippen LogP contribution is -2.29. The summed E-state index contributed by atoms with van der Waals surface area (Å²) < 4.78 is 1.69. The highest BCUT2D eigenvalue weighted by Gasteiger charge is 2.09. The van der Waals surface area contributed by atoms with E-state index in [1.54, 1.807) is 41.5 Å². The summed E-state index contributed by atoms with van der Waals surface area (Å²) in [7, 11) is 0. The fraction of sp³-hybridized carbons (Fsp3) is 0.130. The lowest BCUT2D eigenvalue weighted by Gasteiger charge is -2.12. The van der Waals surface area contributed by atoms with Crippen LogP contribution in [0.1, 0.15) is 11.1 Å². The first-order chi connectivity index (χ1) is 16.0. The van der Waals surface area contributed by atoms with Crippen LogP contribution >= 0.6 is 23.2 Å². The molecule has 4 rings (SSSR count). The van der Waals surface area contributed by atoms with Crippen LogP contribution in [0.5, 0.6) is 0 Å². The van der Waals surface area contributed by atoms with Crippen molar-refractivity contribution in [2.45, 2.75) is 13.1 Å². The first-order valence-electron chi connectivity index (χ1n) is 10.2. The average Bonchev–Trinajstić information content (AvgIpc) is 3.36. The van der Waals surface area contributed by atoms with E-state index in [0.717, 1.165) is 11.1 Å². The van der Waals surface area contributed by atoms with E-state index in [1.807, 2.05) is 36.4 Å². The van der Waals surface area contributed by atoms with Gasteiger partial charge in [-0.1, -0.05) is 47.5 Å². The molecule has 0 saturated heterocycles. The SMILES string of the molecule is O=C(CNc1cc(NCc2cccc(Cl)c2)nc(-n2ccnc2)n1)NCc1ccc(Cl)cc1. The van der Waals surface area contributed by atoms with Crippen molar-refractivity contribution in [3.05, 3.63) is 94.5 Å². The van der Waals surface area contributed by atoms with E-state index in [4.69, 9.17) is 23.2 Å². The zero-order valence-corrected chi connectivity index (χ0v) is 19.0. The largest absolute Gasteiger partial charge is 0.366 e. The second-order valence-corrected chi connectivity index (χ2v) is 8.02. The minimum absolute atomic E-state index is 0.0572. The molecule has 168 valence electrons. The van der Waals surface area contributed by atoms with Crippen molar-refractivity contribution in [2.24, 2.45) is 0 Å². The summed E-state index contributed by atoms with van der Waals surface area (Å²) in [5, 5.41) is 10.5. The van der Waals surface area contributed by atoms with Crippen molar-refractivity contribution < 1.29 is 4.79 Å².